The number of hydrogen-bond donors (Lipinski definition) is 0. The van der Waals surface area contributed by atoms with Crippen LogP contribution in [-0.4, -0.2) is 26.0 Å². The van der Waals surface area contributed by atoms with Crippen LogP contribution in [0.5, 0.6) is 23.0 Å². The summed E-state index contributed by atoms with van der Waals surface area (Å²) in [5, 5.41) is 0. The van der Waals surface area contributed by atoms with E-state index in [0.717, 1.165) is 5.56 Å². The Bertz CT molecular complexity index is 1210. The van der Waals surface area contributed by atoms with Crippen LogP contribution >= 0.6 is 0 Å². The fourth-order valence-corrected chi connectivity index (χ4v) is 3.37. The maximum Gasteiger partial charge on any atom is 0.347 e. The van der Waals surface area contributed by atoms with E-state index in [1.807, 2.05) is 18.2 Å². The number of ketones is 1. The predicted octanol–water partition coefficient (Wildman–Crippen LogP) is 4.85. The minimum Gasteiger partial charge on any atom is -0.496 e. The summed E-state index contributed by atoms with van der Waals surface area (Å²) in [4.78, 5) is 25.5. The molecule has 6 nitrogen and oxygen atoms in total. The summed E-state index contributed by atoms with van der Waals surface area (Å²) in [6.45, 7) is 1.74. The minimum absolute atomic E-state index is 0.177. The van der Waals surface area contributed by atoms with E-state index in [-0.39, 0.29) is 11.5 Å². The molecule has 0 unspecified atom stereocenters. The number of esters is 1. The first-order chi connectivity index (χ1) is 15.0. The molecule has 0 bridgehead atoms. The molecule has 4 rings (SSSR count). The number of benzene rings is 3. The van der Waals surface area contributed by atoms with Crippen molar-refractivity contribution < 1.29 is 28.5 Å². The molecule has 1 heterocycles. The molecule has 0 amide bonds. The molecule has 6 heteroatoms. The van der Waals surface area contributed by atoms with E-state index >= 15 is 0 Å². The highest BCUT2D eigenvalue weighted by atomic mass is 16.5. The van der Waals surface area contributed by atoms with Gasteiger partial charge < -0.3 is 18.9 Å². The van der Waals surface area contributed by atoms with Gasteiger partial charge in [-0.3, -0.25) is 4.79 Å². The number of rotatable bonds is 5. The Kier molecular flexibility index (Phi) is 5.45. The highest BCUT2D eigenvalue weighted by Gasteiger charge is 2.31. The van der Waals surface area contributed by atoms with Crippen LogP contribution in [-0.2, 0) is 0 Å². The second kappa shape index (κ2) is 8.36. The number of allylic oxidation sites excluding steroid dienone is 1. The predicted molar refractivity (Wildman–Crippen MR) is 115 cm³/mol. The van der Waals surface area contributed by atoms with Crippen LogP contribution in [0, 0.1) is 6.92 Å². The normalized spacial score (nSPS) is 13.5. The van der Waals surface area contributed by atoms with E-state index in [9.17, 15) is 9.59 Å². The Balaban J connectivity index is 1.64. The topological polar surface area (TPSA) is 71.1 Å². The molecule has 0 saturated carbocycles. The third kappa shape index (κ3) is 3.75. The number of carbonyl (C=O) groups is 2. The first kappa shape index (κ1) is 20.2. The van der Waals surface area contributed by atoms with Gasteiger partial charge in [-0.1, -0.05) is 30.3 Å². The number of fused-ring (bicyclic) bond motifs is 1. The molecule has 0 saturated heterocycles. The van der Waals surface area contributed by atoms with Gasteiger partial charge in [0.25, 0.3) is 0 Å². The lowest BCUT2D eigenvalue weighted by Gasteiger charge is -2.11. The Morgan fingerprint density at radius 2 is 1.55 bits per heavy atom. The first-order valence-corrected chi connectivity index (χ1v) is 9.59. The molecule has 0 fully saturated rings. The largest absolute Gasteiger partial charge is 0.496 e. The summed E-state index contributed by atoms with van der Waals surface area (Å²) in [5.74, 6) is 1.10. The zero-order chi connectivity index (χ0) is 22.0. The van der Waals surface area contributed by atoms with E-state index in [1.165, 1.54) is 7.11 Å². The van der Waals surface area contributed by atoms with Gasteiger partial charge in [-0.2, -0.15) is 0 Å². The van der Waals surface area contributed by atoms with Crippen molar-refractivity contribution in [2.75, 3.05) is 14.2 Å². The third-order valence-corrected chi connectivity index (χ3v) is 4.99. The van der Waals surface area contributed by atoms with Crippen molar-refractivity contribution in [3.8, 4) is 23.0 Å². The SMILES string of the molecule is COc1ccccc1/C=C1\Oc2c(ccc(OC(=O)c3ccccc3OC)c2C)C1=O. The molecule has 0 aliphatic carbocycles. The second-order valence-corrected chi connectivity index (χ2v) is 6.84. The summed E-state index contributed by atoms with van der Waals surface area (Å²) >= 11 is 0. The maximum atomic E-state index is 12.8. The molecule has 31 heavy (non-hydrogen) atoms. The van der Waals surface area contributed by atoms with Crippen molar-refractivity contribution in [2.24, 2.45) is 0 Å². The molecule has 0 atom stereocenters. The number of ether oxygens (including phenoxy) is 4. The maximum absolute atomic E-state index is 12.8. The first-order valence-electron chi connectivity index (χ1n) is 9.59. The number of para-hydroxylation sites is 2. The van der Waals surface area contributed by atoms with Crippen LogP contribution in [0.3, 0.4) is 0 Å². The van der Waals surface area contributed by atoms with Gasteiger partial charge in [0.1, 0.15) is 28.6 Å². The van der Waals surface area contributed by atoms with Crippen LogP contribution < -0.4 is 18.9 Å². The molecule has 3 aromatic rings. The van der Waals surface area contributed by atoms with Crippen molar-refractivity contribution in [2.45, 2.75) is 6.92 Å². The molecule has 1 aliphatic heterocycles. The van der Waals surface area contributed by atoms with E-state index < -0.39 is 5.97 Å². The molecule has 3 aromatic carbocycles. The van der Waals surface area contributed by atoms with Gasteiger partial charge >= 0.3 is 5.97 Å². The van der Waals surface area contributed by atoms with Gasteiger partial charge in [0, 0.05) is 11.1 Å². The number of methoxy groups -OCH3 is 2. The highest BCUT2D eigenvalue weighted by Crippen LogP contribution is 2.40. The van der Waals surface area contributed by atoms with Crippen LogP contribution in [0.1, 0.15) is 31.8 Å². The molecule has 0 radical (unpaired) electrons. The van der Waals surface area contributed by atoms with Gasteiger partial charge in [-0.25, -0.2) is 4.79 Å². The van der Waals surface area contributed by atoms with Gasteiger partial charge in [0.2, 0.25) is 5.78 Å². The van der Waals surface area contributed by atoms with Gasteiger partial charge in [-0.05, 0) is 43.3 Å². The average molecular weight is 416 g/mol. The van der Waals surface area contributed by atoms with E-state index in [4.69, 9.17) is 18.9 Å². The molecular formula is C25H20O6. The Hall–Kier alpha value is -4.06. The average Bonchev–Trinajstić information content (AvgIpc) is 3.12. The number of hydrogen-bond acceptors (Lipinski definition) is 6. The monoisotopic (exact) mass is 416 g/mol. The number of Topliss-reactive ketones (excluding diaryl/α,β-unsaturated/α-hetero) is 1. The van der Waals surface area contributed by atoms with Crippen molar-refractivity contribution in [1.82, 2.24) is 0 Å². The Morgan fingerprint density at radius 1 is 0.871 bits per heavy atom. The van der Waals surface area contributed by atoms with Crippen molar-refractivity contribution in [3.05, 3.63) is 88.7 Å². The summed E-state index contributed by atoms with van der Waals surface area (Å²) in [7, 11) is 3.05. The second-order valence-electron chi connectivity index (χ2n) is 6.84. The van der Waals surface area contributed by atoms with Crippen molar-refractivity contribution in [3.63, 3.8) is 0 Å². The zero-order valence-corrected chi connectivity index (χ0v) is 17.3. The van der Waals surface area contributed by atoms with Crippen LogP contribution in [0.15, 0.2) is 66.4 Å². The fraction of sp³-hybridized carbons (Fsp3) is 0.120. The molecule has 0 aromatic heterocycles. The molecule has 0 spiro atoms. The molecule has 0 N–H and O–H groups in total. The lowest BCUT2D eigenvalue weighted by Crippen LogP contribution is -2.11. The number of carbonyl (C=O) groups excluding carboxylic acids is 2. The lowest BCUT2D eigenvalue weighted by atomic mass is 10.1. The van der Waals surface area contributed by atoms with E-state index in [0.29, 0.717) is 39.7 Å². The van der Waals surface area contributed by atoms with E-state index in [1.54, 1.807) is 62.6 Å². The Morgan fingerprint density at radius 3 is 2.29 bits per heavy atom. The Labute approximate surface area is 179 Å². The van der Waals surface area contributed by atoms with Gasteiger partial charge in [0.15, 0.2) is 5.76 Å². The quantitative estimate of drug-likeness (QED) is 0.336. The minimum atomic E-state index is -0.561. The van der Waals surface area contributed by atoms with Crippen LogP contribution in [0.25, 0.3) is 6.08 Å². The van der Waals surface area contributed by atoms with Crippen molar-refractivity contribution in [1.29, 1.82) is 0 Å². The van der Waals surface area contributed by atoms with Crippen molar-refractivity contribution >= 4 is 17.8 Å². The summed E-state index contributed by atoms with van der Waals surface area (Å²) < 4.78 is 22.0. The zero-order valence-electron chi connectivity index (χ0n) is 17.3. The smallest absolute Gasteiger partial charge is 0.347 e. The molecule has 1 aliphatic rings. The summed E-state index contributed by atoms with van der Waals surface area (Å²) in [6.07, 6.45) is 1.64. The molecule has 156 valence electrons. The fourth-order valence-electron chi connectivity index (χ4n) is 3.37. The van der Waals surface area contributed by atoms with Gasteiger partial charge in [0.05, 0.1) is 19.8 Å². The summed E-state index contributed by atoms with van der Waals surface area (Å²) in [5.41, 5.74) is 1.99. The standard InChI is InChI=1S/C25H20O6/c1-15-19(31-25(27)17-9-5-7-11-21(17)29-3)13-12-18-23(26)22(30-24(15)18)14-16-8-4-6-10-20(16)28-2/h4-14H,1-3H3/b22-14-. The summed E-state index contributed by atoms with van der Waals surface area (Å²) in [6, 6.07) is 17.3. The molecular weight excluding hydrogens is 396 g/mol. The van der Waals surface area contributed by atoms with Crippen LogP contribution in [0.4, 0.5) is 0 Å². The van der Waals surface area contributed by atoms with Crippen LogP contribution in [0.2, 0.25) is 0 Å². The third-order valence-electron chi connectivity index (χ3n) is 4.99. The van der Waals surface area contributed by atoms with Gasteiger partial charge in [-0.15, -0.1) is 0 Å². The van der Waals surface area contributed by atoms with E-state index in [2.05, 4.69) is 0 Å². The lowest BCUT2D eigenvalue weighted by molar-refractivity contribution is 0.0729. The highest BCUT2D eigenvalue weighted by molar-refractivity contribution is 6.15.